The van der Waals surface area contributed by atoms with Gasteiger partial charge in [0.15, 0.2) is 0 Å². The Morgan fingerprint density at radius 2 is 1.54 bits per heavy atom. The predicted molar refractivity (Wildman–Crippen MR) is 130 cm³/mol. The normalized spacial score (nSPS) is 12.1. The van der Waals surface area contributed by atoms with Gasteiger partial charge in [0.1, 0.15) is 0 Å². The zero-order valence-electron chi connectivity index (χ0n) is 20.3. The number of benzene rings is 1. The molecule has 0 saturated heterocycles. The quantitative estimate of drug-likeness (QED) is 0.374. The van der Waals surface area contributed by atoms with E-state index in [2.05, 4.69) is 83.4 Å². The average molecular weight is 388 g/mol. The van der Waals surface area contributed by atoms with Crippen LogP contribution in [0.5, 0.6) is 0 Å². The first-order valence-corrected chi connectivity index (χ1v) is 11.6. The van der Waals surface area contributed by atoms with E-state index in [1.54, 1.807) is 0 Å². The molecule has 1 aromatic rings. The van der Waals surface area contributed by atoms with Crippen LogP contribution in [0.1, 0.15) is 112 Å². The Labute approximate surface area is 177 Å². The zero-order valence-corrected chi connectivity index (χ0v) is 20.3. The molecule has 0 fully saturated rings. The van der Waals surface area contributed by atoms with Gasteiger partial charge in [-0.25, -0.2) is 0 Å². The van der Waals surface area contributed by atoms with Crippen LogP contribution < -0.4 is 5.32 Å². The van der Waals surface area contributed by atoms with Crippen LogP contribution in [0.2, 0.25) is 0 Å². The largest absolute Gasteiger partial charge is 0.379 e. The molecule has 1 unspecified atom stereocenters. The van der Waals surface area contributed by atoms with Gasteiger partial charge in [-0.1, -0.05) is 111 Å². The molecule has 0 radical (unpaired) electrons. The molecule has 0 heterocycles. The van der Waals surface area contributed by atoms with E-state index in [1.165, 1.54) is 50.5 Å². The third-order valence-electron chi connectivity index (χ3n) is 5.20. The van der Waals surface area contributed by atoms with Gasteiger partial charge >= 0.3 is 0 Å². The number of nitrogens with one attached hydrogen (secondary N) is 1. The van der Waals surface area contributed by atoms with Crippen molar-refractivity contribution in [2.45, 2.75) is 112 Å². The Morgan fingerprint density at radius 3 is 1.89 bits per heavy atom. The lowest BCUT2D eigenvalue weighted by molar-refractivity contribution is 0.204. The van der Waals surface area contributed by atoms with Gasteiger partial charge in [0.2, 0.25) is 0 Å². The highest BCUT2D eigenvalue weighted by atomic mass is 14.9. The fraction of sp³-hybridized carbons (Fsp3) is 0.667. The predicted octanol–water partition coefficient (Wildman–Crippen LogP) is 8.88. The van der Waals surface area contributed by atoms with Gasteiger partial charge in [0, 0.05) is 11.7 Å². The zero-order chi connectivity index (χ0) is 21.8. The first-order valence-electron chi connectivity index (χ1n) is 11.6. The van der Waals surface area contributed by atoms with Crippen LogP contribution in [-0.4, -0.2) is 5.54 Å². The van der Waals surface area contributed by atoms with Crippen molar-refractivity contribution in [2.24, 2.45) is 5.92 Å². The topological polar surface area (TPSA) is 12.0 Å². The second-order valence-corrected chi connectivity index (χ2v) is 7.85. The van der Waals surface area contributed by atoms with Crippen molar-refractivity contribution in [3.8, 4) is 0 Å². The first-order chi connectivity index (χ1) is 13.4. The van der Waals surface area contributed by atoms with E-state index in [0.29, 0.717) is 5.92 Å². The fourth-order valence-electron chi connectivity index (χ4n) is 3.47. The molecule has 0 saturated carbocycles. The van der Waals surface area contributed by atoms with Crippen LogP contribution >= 0.6 is 0 Å². The van der Waals surface area contributed by atoms with Gasteiger partial charge in [-0.05, 0) is 43.6 Å². The van der Waals surface area contributed by atoms with E-state index in [1.807, 2.05) is 26.1 Å². The minimum absolute atomic E-state index is 0.215. The van der Waals surface area contributed by atoms with Gasteiger partial charge in [-0.3, -0.25) is 0 Å². The maximum absolute atomic E-state index is 3.65. The van der Waals surface area contributed by atoms with Crippen LogP contribution in [0.4, 0.5) is 0 Å². The van der Waals surface area contributed by atoms with Crippen molar-refractivity contribution in [1.82, 2.24) is 5.32 Å². The second kappa shape index (κ2) is 18.9. The first kappa shape index (κ1) is 28.7. The minimum Gasteiger partial charge on any atom is -0.379 e. The molecule has 0 bridgehead atoms. The van der Waals surface area contributed by atoms with Crippen molar-refractivity contribution >= 4 is 0 Å². The van der Waals surface area contributed by atoms with Gasteiger partial charge in [0.05, 0.1) is 0 Å². The summed E-state index contributed by atoms with van der Waals surface area (Å²) in [4.78, 5) is 0. The monoisotopic (exact) mass is 387 g/mol. The van der Waals surface area contributed by atoms with E-state index >= 15 is 0 Å². The molecule has 162 valence electrons. The lowest BCUT2D eigenvalue weighted by Gasteiger charge is -2.38. The maximum atomic E-state index is 3.65. The highest BCUT2D eigenvalue weighted by molar-refractivity contribution is 5.17. The molecule has 1 nitrogen and oxygen atoms in total. The average Bonchev–Trinajstić information content (AvgIpc) is 2.73. The second-order valence-electron chi connectivity index (χ2n) is 7.85. The van der Waals surface area contributed by atoms with E-state index in [-0.39, 0.29) is 5.54 Å². The van der Waals surface area contributed by atoms with Gasteiger partial charge in [-0.15, -0.1) is 5.73 Å². The van der Waals surface area contributed by atoms with Crippen molar-refractivity contribution < 1.29 is 0 Å². The molecule has 1 rings (SSSR count). The molecule has 0 spiro atoms. The molecule has 28 heavy (non-hydrogen) atoms. The van der Waals surface area contributed by atoms with E-state index < -0.39 is 0 Å². The Kier molecular flexibility index (Phi) is 19.4. The van der Waals surface area contributed by atoms with Gasteiger partial charge in [0.25, 0.3) is 0 Å². The molecular weight excluding hydrogens is 338 g/mol. The Morgan fingerprint density at radius 1 is 1.00 bits per heavy atom. The summed E-state index contributed by atoms with van der Waals surface area (Å²) in [7, 11) is 0. The van der Waals surface area contributed by atoms with E-state index in [4.69, 9.17) is 0 Å². The maximum Gasteiger partial charge on any atom is 0.0395 e. The molecule has 1 N–H and O–H groups in total. The van der Waals surface area contributed by atoms with Crippen molar-refractivity contribution in [3.63, 3.8) is 0 Å². The molecule has 1 atom stereocenters. The summed E-state index contributed by atoms with van der Waals surface area (Å²) in [5.41, 5.74) is 4.48. The lowest BCUT2D eigenvalue weighted by atomic mass is 9.76. The van der Waals surface area contributed by atoms with Gasteiger partial charge < -0.3 is 5.32 Å². The lowest BCUT2D eigenvalue weighted by Crippen LogP contribution is -2.46. The van der Waals surface area contributed by atoms with E-state index in [9.17, 15) is 0 Å². The smallest absolute Gasteiger partial charge is 0.0395 e. The van der Waals surface area contributed by atoms with Crippen molar-refractivity contribution in [1.29, 1.82) is 0 Å². The highest BCUT2D eigenvalue weighted by Crippen LogP contribution is 2.31. The summed E-state index contributed by atoms with van der Waals surface area (Å²) in [6, 6.07) is 10.5. The van der Waals surface area contributed by atoms with Crippen molar-refractivity contribution in [2.75, 3.05) is 0 Å². The minimum atomic E-state index is 0.215. The van der Waals surface area contributed by atoms with Gasteiger partial charge in [-0.2, -0.15) is 0 Å². The number of unbranched alkanes of at least 4 members (excludes halogenated alkanes) is 1. The van der Waals surface area contributed by atoms with Crippen LogP contribution in [0.3, 0.4) is 0 Å². The highest BCUT2D eigenvalue weighted by Gasteiger charge is 2.31. The molecule has 0 aliphatic heterocycles. The summed E-state index contributed by atoms with van der Waals surface area (Å²) in [6.45, 7) is 21.3. The Bertz CT molecular complexity index is 478. The third-order valence-corrected chi connectivity index (χ3v) is 5.20. The molecule has 0 amide bonds. The molecule has 0 aromatic heterocycles. The molecule has 0 aliphatic carbocycles. The summed E-state index contributed by atoms with van der Waals surface area (Å²) < 4.78 is 0. The van der Waals surface area contributed by atoms with E-state index in [0.717, 1.165) is 5.92 Å². The number of rotatable bonds is 11. The molecule has 1 aromatic carbocycles. The van der Waals surface area contributed by atoms with Crippen LogP contribution in [-0.2, 0) is 0 Å². The Hall–Kier alpha value is -1.46. The molecular formula is C27H49N. The summed E-state index contributed by atoms with van der Waals surface area (Å²) in [6.07, 6.45) is 10.9. The summed E-state index contributed by atoms with van der Waals surface area (Å²) >= 11 is 0. The summed E-state index contributed by atoms with van der Waals surface area (Å²) in [5, 5.41) is 3.55. The number of hydrogen-bond acceptors (Lipinski definition) is 1. The van der Waals surface area contributed by atoms with Crippen LogP contribution in [0, 0.1) is 5.92 Å². The SMILES string of the molecule is C=C=CNC(C)(CCCC)C(CCC)CCC.CC.CC(C)c1ccccc1. The summed E-state index contributed by atoms with van der Waals surface area (Å²) in [5.74, 6) is 1.42. The molecule has 1 heteroatoms. The van der Waals surface area contributed by atoms with Crippen LogP contribution in [0.25, 0.3) is 0 Å². The van der Waals surface area contributed by atoms with Crippen molar-refractivity contribution in [3.05, 3.63) is 54.4 Å². The fourth-order valence-corrected chi connectivity index (χ4v) is 3.47. The number of hydrogen-bond donors (Lipinski definition) is 1. The third kappa shape index (κ3) is 12.8. The molecule has 0 aliphatic rings. The standard InChI is InChI=1S/C16H31N.C9H12.C2H6/c1-6-10-13-16(5,17-14-9-4)15(11-7-2)12-8-3;1-8(2)9-6-4-3-5-7-9;1-2/h14-15,17H,4,6-8,10-13H2,1-3,5H3;3-8H,1-2H3;1-2H3. The van der Waals surface area contributed by atoms with Crippen LogP contribution in [0.15, 0.2) is 48.8 Å². The Balaban J connectivity index is 0.